The van der Waals surface area contributed by atoms with Crippen LogP contribution in [0.1, 0.15) is 91.4 Å². The quantitative estimate of drug-likeness (QED) is 0.102. The van der Waals surface area contributed by atoms with Gasteiger partial charge < -0.3 is 4.57 Å². The van der Waals surface area contributed by atoms with Crippen LogP contribution < -0.4 is 0 Å². The normalized spacial score (nSPS) is 17.1. The zero-order valence-corrected chi connectivity index (χ0v) is 24.1. The van der Waals surface area contributed by atoms with Crippen LogP contribution in [-0.2, 0) is 5.54 Å². The summed E-state index contributed by atoms with van der Waals surface area (Å²) in [5.41, 5.74) is 3.25. The number of carbonyl (C=O) groups excluding carboxylic acids is 1. The molecular weight excluding hydrogens is 500 g/mol. The first-order chi connectivity index (χ1) is 20.3. The number of ketones is 1. The summed E-state index contributed by atoms with van der Waals surface area (Å²) in [6.07, 6.45) is 20.8. The van der Waals surface area contributed by atoms with Crippen molar-refractivity contribution in [3.8, 4) is 0 Å². The molecule has 4 aromatic rings. The molecule has 1 heterocycles. The Bertz CT molecular complexity index is 1320. The van der Waals surface area contributed by atoms with Crippen LogP contribution in [0.2, 0.25) is 0 Å². The molecule has 2 aliphatic carbocycles. The molecule has 2 fully saturated rings. The predicted octanol–water partition coefficient (Wildman–Crippen LogP) is 9.24. The Labute approximate surface area is 245 Å². The monoisotopic (exact) mass is 542 g/mol. The topological polar surface area (TPSA) is 34.9 Å². The summed E-state index contributed by atoms with van der Waals surface area (Å²) in [6.45, 7) is 0. The van der Waals surface area contributed by atoms with Crippen molar-refractivity contribution in [2.75, 3.05) is 0 Å². The SMILES string of the molecule is O=C(C[C@H](/C=C\CCC1CCCCC1)C1CC1)c1cncn1C(c1ccccc1)(c1ccccc1)c1ccccc1. The predicted molar refractivity (Wildman–Crippen MR) is 167 cm³/mol. The van der Waals surface area contributed by atoms with Crippen molar-refractivity contribution in [2.24, 2.45) is 17.8 Å². The molecule has 0 saturated heterocycles. The van der Waals surface area contributed by atoms with Gasteiger partial charge in [-0.25, -0.2) is 4.98 Å². The first-order valence-electron chi connectivity index (χ1n) is 15.7. The molecule has 0 amide bonds. The molecule has 2 saturated carbocycles. The fourth-order valence-corrected chi connectivity index (χ4v) is 7.04. The maximum atomic E-state index is 14.2. The van der Waals surface area contributed by atoms with E-state index in [9.17, 15) is 4.79 Å². The molecule has 6 rings (SSSR count). The van der Waals surface area contributed by atoms with Gasteiger partial charge in [-0.15, -0.1) is 0 Å². The maximum absolute atomic E-state index is 14.2. The number of hydrogen-bond acceptors (Lipinski definition) is 2. The number of allylic oxidation sites excluding steroid dienone is 2. The molecule has 0 aliphatic heterocycles. The minimum atomic E-state index is -0.726. The summed E-state index contributed by atoms with van der Waals surface area (Å²) in [7, 11) is 0. The molecule has 0 unspecified atom stereocenters. The smallest absolute Gasteiger partial charge is 0.181 e. The number of carbonyl (C=O) groups is 1. The highest BCUT2D eigenvalue weighted by Gasteiger charge is 2.41. The lowest BCUT2D eigenvalue weighted by molar-refractivity contribution is 0.0953. The van der Waals surface area contributed by atoms with Crippen molar-refractivity contribution in [1.29, 1.82) is 0 Å². The van der Waals surface area contributed by atoms with Crippen molar-refractivity contribution < 1.29 is 4.79 Å². The molecule has 1 aromatic heterocycles. The van der Waals surface area contributed by atoms with Crippen LogP contribution in [0.25, 0.3) is 0 Å². The molecular formula is C38H42N2O. The molecule has 1 atom stereocenters. The van der Waals surface area contributed by atoms with Crippen molar-refractivity contribution in [2.45, 2.75) is 69.7 Å². The Kier molecular flexibility index (Phi) is 8.60. The third-order valence-corrected chi connectivity index (χ3v) is 9.36. The zero-order chi connectivity index (χ0) is 27.9. The van der Waals surface area contributed by atoms with Crippen LogP contribution in [0.5, 0.6) is 0 Å². The van der Waals surface area contributed by atoms with E-state index in [-0.39, 0.29) is 5.78 Å². The van der Waals surface area contributed by atoms with E-state index >= 15 is 0 Å². The van der Waals surface area contributed by atoms with Gasteiger partial charge in [0, 0.05) is 6.42 Å². The van der Waals surface area contributed by atoms with E-state index in [0.29, 0.717) is 24.0 Å². The van der Waals surface area contributed by atoms with Gasteiger partial charge in [-0.3, -0.25) is 4.79 Å². The van der Waals surface area contributed by atoms with Crippen LogP contribution >= 0.6 is 0 Å². The van der Waals surface area contributed by atoms with E-state index in [0.717, 1.165) is 29.0 Å². The molecule has 41 heavy (non-hydrogen) atoms. The van der Waals surface area contributed by atoms with Gasteiger partial charge in [-0.05, 0) is 60.1 Å². The lowest BCUT2D eigenvalue weighted by Gasteiger charge is -2.38. The second kappa shape index (κ2) is 12.9. The van der Waals surface area contributed by atoms with E-state index in [2.05, 4.69) is 94.5 Å². The third kappa shape index (κ3) is 6.00. The zero-order valence-electron chi connectivity index (χ0n) is 24.1. The highest BCUT2D eigenvalue weighted by molar-refractivity contribution is 5.95. The molecule has 210 valence electrons. The van der Waals surface area contributed by atoms with Crippen LogP contribution in [-0.4, -0.2) is 15.3 Å². The number of hydrogen-bond donors (Lipinski definition) is 0. The maximum Gasteiger partial charge on any atom is 0.181 e. The van der Waals surface area contributed by atoms with Gasteiger partial charge >= 0.3 is 0 Å². The molecule has 0 bridgehead atoms. The molecule has 0 N–H and O–H groups in total. The van der Waals surface area contributed by atoms with E-state index in [1.165, 1.54) is 51.4 Å². The van der Waals surface area contributed by atoms with Gasteiger partial charge in [0.2, 0.25) is 0 Å². The largest absolute Gasteiger partial charge is 0.309 e. The van der Waals surface area contributed by atoms with Gasteiger partial charge in [0.25, 0.3) is 0 Å². The lowest BCUT2D eigenvalue weighted by atomic mass is 9.76. The van der Waals surface area contributed by atoms with Gasteiger partial charge in [0.1, 0.15) is 11.2 Å². The summed E-state index contributed by atoms with van der Waals surface area (Å²) >= 11 is 0. The summed E-state index contributed by atoms with van der Waals surface area (Å²) in [5, 5.41) is 0. The standard InChI is InChI=1S/C38H42N2O/c41-37(27-32(31-25-26-31)18-14-13-17-30-15-5-1-6-16-30)36-28-39-29-40(36)38(33-19-7-2-8-20-33,34-21-9-3-10-22-34)35-23-11-4-12-24-35/h2-4,7-12,14,18-24,28-32H,1,5-6,13,15-17,25-27H2/b18-14-/t32-/m0/s1. The van der Waals surface area contributed by atoms with Crippen LogP contribution in [0, 0.1) is 17.8 Å². The number of imidazole rings is 1. The first-order valence-corrected chi connectivity index (χ1v) is 15.7. The molecule has 0 spiro atoms. The van der Waals surface area contributed by atoms with Crippen LogP contribution in [0.3, 0.4) is 0 Å². The van der Waals surface area contributed by atoms with E-state index < -0.39 is 5.54 Å². The second-order valence-corrected chi connectivity index (χ2v) is 12.1. The Hall–Kier alpha value is -3.72. The summed E-state index contributed by atoms with van der Waals surface area (Å²) < 4.78 is 2.13. The number of Topliss-reactive ketones (excluding diaryl/α,β-unsaturated/α-hetero) is 1. The summed E-state index contributed by atoms with van der Waals surface area (Å²) in [5.74, 6) is 1.99. The lowest BCUT2D eigenvalue weighted by Crippen LogP contribution is -2.39. The highest BCUT2D eigenvalue weighted by Crippen LogP contribution is 2.43. The minimum absolute atomic E-state index is 0.170. The van der Waals surface area contributed by atoms with Crippen molar-refractivity contribution in [1.82, 2.24) is 9.55 Å². The highest BCUT2D eigenvalue weighted by atomic mass is 16.1. The number of nitrogens with zero attached hydrogens (tertiary/aromatic N) is 2. The average molecular weight is 543 g/mol. The molecule has 3 heteroatoms. The molecule has 2 aliphatic rings. The van der Waals surface area contributed by atoms with Gasteiger partial charge in [-0.2, -0.15) is 0 Å². The number of rotatable bonds is 12. The summed E-state index contributed by atoms with van der Waals surface area (Å²) in [6, 6.07) is 31.6. The molecule has 3 aromatic carbocycles. The fourth-order valence-electron chi connectivity index (χ4n) is 7.04. The van der Waals surface area contributed by atoms with E-state index in [1.807, 2.05) is 24.5 Å². The Morgan fingerprint density at radius 2 is 1.37 bits per heavy atom. The van der Waals surface area contributed by atoms with Gasteiger partial charge in [0.15, 0.2) is 5.78 Å². The van der Waals surface area contributed by atoms with Crippen LogP contribution in [0.15, 0.2) is 116 Å². The molecule has 0 radical (unpaired) electrons. The van der Waals surface area contributed by atoms with E-state index in [1.54, 1.807) is 6.20 Å². The van der Waals surface area contributed by atoms with Crippen molar-refractivity contribution in [3.05, 3.63) is 138 Å². The third-order valence-electron chi connectivity index (χ3n) is 9.36. The number of aromatic nitrogens is 2. The Morgan fingerprint density at radius 1 is 0.805 bits per heavy atom. The van der Waals surface area contributed by atoms with Gasteiger partial charge in [0.05, 0.1) is 12.5 Å². The van der Waals surface area contributed by atoms with Crippen LogP contribution in [0.4, 0.5) is 0 Å². The Morgan fingerprint density at radius 3 is 1.90 bits per heavy atom. The van der Waals surface area contributed by atoms with Crippen molar-refractivity contribution in [3.63, 3.8) is 0 Å². The second-order valence-electron chi connectivity index (χ2n) is 12.1. The van der Waals surface area contributed by atoms with Crippen molar-refractivity contribution >= 4 is 5.78 Å². The fraction of sp³-hybridized carbons (Fsp3) is 0.368. The summed E-state index contributed by atoms with van der Waals surface area (Å²) in [4.78, 5) is 18.8. The Balaban J connectivity index is 1.33. The first kappa shape index (κ1) is 27.4. The van der Waals surface area contributed by atoms with Gasteiger partial charge in [-0.1, -0.05) is 135 Å². The minimum Gasteiger partial charge on any atom is -0.309 e. The number of benzene rings is 3. The molecule has 3 nitrogen and oxygen atoms in total. The average Bonchev–Trinajstić information content (AvgIpc) is 3.77. The van der Waals surface area contributed by atoms with E-state index in [4.69, 9.17) is 0 Å².